The zero-order valence-corrected chi connectivity index (χ0v) is 13.7. The average Bonchev–Trinajstić information content (AvgIpc) is 3.35. The number of carbonyl (C=O) groups is 1. The van der Waals surface area contributed by atoms with Gasteiger partial charge in [-0.2, -0.15) is 15.3 Å². The maximum atomic E-state index is 14.0. The van der Waals surface area contributed by atoms with Crippen molar-refractivity contribution in [1.82, 2.24) is 30.2 Å². The van der Waals surface area contributed by atoms with Crippen LogP contribution < -0.4 is 5.32 Å². The van der Waals surface area contributed by atoms with E-state index in [0.29, 0.717) is 22.6 Å². The van der Waals surface area contributed by atoms with Gasteiger partial charge in [0.05, 0.1) is 29.5 Å². The second-order valence-electron chi connectivity index (χ2n) is 5.66. The van der Waals surface area contributed by atoms with Gasteiger partial charge < -0.3 is 5.32 Å². The third-order valence-corrected chi connectivity index (χ3v) is 3.85. The van der Waals surface area contributed by atoms with Gasteiger partial charge in [-0.25, -0.2) is 4.39 Å². The molecule has 8 nitrogen and oxygen atoms in total. The van der Waals surface area contributed by atoms with Crippen LogP contribution in [0, 0.1) is 5.82 Å². The van der Waals surface area contributed by atoms with Gasteiger partial charge in [0.1, 0.15) is 11.5 Å². The lowest BCUT2D eigenvalue weighted by molar-refractivity contribution is 0.102. The molecule has 4 aromatic rings. The molecule has 0 saturated carbocycles. The fraction of sp³-hybridized carbons (Fsp3) is 0.0588. The molecule has 130 valence electrons. The lowest BCUT2D eigenvalue weighted by Crippen LogP contribution is -2.12. The molecule has 0 unspecified atom stereocenters. The highest BCUT2D eigenvalue weighted by molar-refractivity contribution is 6.05. The maximum absolute atomic E-state index is 14.0. The van der Waals surface area contributed by atoms with E-state index in [9.17, 15) is 9.18 Å². The van der Waals surface area contributed by atoms with Crippen molar-refractivity contribution in [1.29, 1.82) is 0 Å². The maximum Gasteiger partial charge on any atom is 0.273 e. The molecule has 1 aromatic carbocycles. The summed E-state index contributed by atoms with van der Waals surface area (Å²) in [5.74, 6) is -0.820. The van der Waals surface area contributed by atoms with Crippen LogP contribution in [0.2, 0.25) is 0 Å². The molecule has 0 radical (unpaired) electrons. The molecule has 3 N–H and O–H groups in total. The Balaban J connectivity index is 1.58. The molecular formula is C17H14FN7O. The van der Waals surface area contributed by atoms with E-state index in [0.717, 1.165) is 5.56 Å². The molecule has 0 atom stereocenters. The third kappa shape index (κ3) is 2.86. The summed E-state index contributed by atoms with van der Waals surface area (Å²) in [6.45, 7) is 0. The molecular weight excluding hydrogens is 337 g/mol. The molecule has 0 bridgehead atoms. The second-order valence-corrected chi connectivity index (χ2v) is 5.66. The molecule has 0 aliphatic carbocycles. The monoisotopic (exact) mass is 351 g/mol. The summed E-state index contributed by atoms with van der Waals surface area (Å²) >= 11 is 0. The minimum atomic E-state index is -0.411. The number of H-pyrrole nitrogens is 2. The van der Waals surface area contributed by atoms with Crippen molar-refractivity contribution < 1.29 is 9.18 Å². The van der Waals surface area contributed by atoms with Crippen molar-refractivity contribution in [2.75, 3.05) is 5.32 Å². The highest BCUT2D eigenvalue weighted by Gasteiger charge is 2.17. The van der Waals surface area contributed by atoms with Gasteiger partial charge in [0.25, 0.3) is 5.91 Å². The zero-order chi connectivity index (χ0) is 18.1. The Morgan fingerprint density at radius 1 is 1.23 bits per heavy atom. The minimum absolute atomic E-state index is 0.268. The number of halogens is 1. The number of carbonyl (C=O) groups excluding carboxylic acids is 1. The van der Waals surface area contributed by atoms with Crippen LogP contribution in [0.25, 0.3) is 22.5 Å². The Kier molecular flexibility index (Phi) is 3.81. The molecule has 9 heteroatoms. The highest BCUT2D eigenvalue weighted by atomic mass is 19.1. The fourth-order valence-electron chi connectivity index (χ4n) is 2.58. The van der Waals surface area contributed by atoms with Crippen LogP contribution in [0.15, 0.2) is 48.9 Å². The summed E-state index contributed by atoms with van der Waals surface area (Å²) in [7, 11) is 1.80. The van der Waals surface area contributed by atoms with Gasteiger partial charge in [-0.05, 0) is 18.2 Å². The first kappa shape index (κ1) is 15.8. The lowest BCUT2D eigenvalue weighted by atomic mass is 10.1. The standard InChI is InChI=1S/C17H14FN7O/c1-25-9-10(7-20-25)13-6-14(23-22-13)17(26)21-15-8-19-24-16(15)11-4-2-3-5-12(11)18/h2-9H,1H3,(H,19,24)(H,21,26)(H,22,23). The molecule has 0 spiro atoms. The van der Waals surface area contributed by atoms with E-state index >= 15 is 0 Å². The molecule has 26 heavy (non-hydrogen) atoms. The highest BCUT2D eigenvalue weighted by Crippen LogP contribution is 2.28. The van der Waals surface area contributed by atoms with Crippen molar-refractivity contribution >= 4 is 11.6 Å². The number of nitrogens with zero attached hydrogens (tertiary/aromatic N) is 4. The summed E-state index contributed by atoms with van der Waals surface area (Å²) < 4.78 is 15.7. The predicted octanol–water partition coefficient (Wildman–Crippen LogP) is 2.59. The molecule has 0 aliphatic heterocycles. The van der Waals surface area contributed by atoms with Gasteiger partial charge in [0, 0.05) is 24.4 Å². The molecule has 1 amide bonds. The molecule has 3 aromatic heterocycles. The van der Waals surface area contributed by atoms with Crippen LogP contribution in [-0.2, 0) is 7.05 Å². The van der Waals surface area contributed by atoms with Crippen LogP contribution >= 0.6 is 0 Å². The zero-order valence-electron chi connectivity index (χ0n) is 13.7. The number of aromatic amines is 2. The Morgan fingerprint density at radius 3 is 2.85 bits per heavy atom. The van der Waals surface area contributed by atoms with Crippen LogP contribution in [0.5, 0.6) is 0 Å². The number of rotatable bonds is 4. The largest absolute Gasteiger partial charge is 0.317 e. The first-order valence-corrected chi connectivity index (χ1v) is 7.76. The first-order chi connectivity index (χ1) is 12.6. The van der Waals surface area contributed by atoms with E-state index in [1.54, 1.807) is 48.4 Å². The summed E-state index contributed by atoms with van der Waals surface area (Å²) in [5.41, 5.74) is 2.74. The molecule has 3 heterocycles. The summed E-state index contributed by atoms with van der Waals surface area (Å²) in [6.07, 6.45) is 4.88. The number of aromatic nitrogens is 6. The van der Waals surface area contributed by atoms with Gasteiger partial charge in [-0.1, -0.05) is 12.1 Å². The number of nitrogens with one attached hydrogen (secondary N) is 3. The first-order valence-electron chi connectivity index (χ1n) is 7.76. The molecule has 0 fully saturated rings. The number of amides is 1. The fourth-order valence-corrected chi connectivity index (χ4v) is 2.58. The van der Waals surface area contributed by atoms with E-state index in [1.807, 2.05) is 0 Å². The summed E-state index contributed by atoms with van der Waals surface area (Å²) in [5, 5.41) is 20.2. The van der Waals surface area contributed by atoms with E-state index < -0.39 is 11.7 Å². The quantitative estimate of drug-likeness (QED) is 0.525. The van der Waals surface area contributed by atoms with E-state index in [2.05, 4.69) is 30.8 Å². The van der Waals surface area contributed by atoms with Crippen LogP contribution in [0.3, 0.4) is 0 Å². The predicted molar refractivity (Wildman–Crippen MR) is 92.7 cm³/mol. The van der Waals surface area contributed by atoms with Gasteiger partial charge in [0.15, 0.2) is 0 Å². The van der Waals surface area contributed by atoms with Crippen LogP contribution in [-0.4, -0.2) is 36.1 Å². The van der Waals surface area contributed by atoms with Crippen molar-refractivity contribution in [3.63, 3.8) is 0 Å². The van der Waals surface area contributed by atoms with Gasteiger partial charge in [0.2, 0.25) is 0 Å². The Labute approximate surface area is 147 Å². The SMILES string of the molecule is Cn1cc(-c2cc(C(=O)Nc3cn[nH]c3-c3ccccc3F)[nH]n2)cn1. The van der Waals surface area contributed by atoms with Gasteiger partial charge in [-0.3, -0.25) is 19.7 Å². The molecule has 0 saturated heterocycles. The average molecular weight is 351 g/mol. The number of hydrogen-bond donors (Lipinski definition) is 3. The number of hydrogen-bond acceptors (Lipinski definition) is 4. The Morgan fingerprint density at radius 2 is 2.08 bits per heavy atom. The Hall–Kier alpha value is -3.75. The minimum Gasteiger partial charge on any atom is -0.317 e. The van der Waals surface area contributed by atoms with E-state index in [-0.39, 0.29) is 5.69 Å². The smallest absolute Gasteiger partial charge is 0.273 e. The van der Waals surface area contributed by atoms with Crippen molar-refractivity contribution in [2.45, 2.75) is 0 Å². The van der Waals surface area contributed by atoms with E-state index in [1.165, 1.54) is 12.3 Å². The second kappa shape index (κ2) is 6.28. The number of anilines is 1. The molecule has 0 aliphatic rings. The van der Waals surface area contributed by atoms with Gasteiger partial charge in [-0.15, -0.1) is 0 Å². The Bertz CT molecular complexity index is 1080. The number of benzene rings is 1. The number of aryl methyl sites for hydroxylation is 1. The van der Waals surface area contributed by atoms with Crippen molar-refractivity contribution in [3.8, 4) is 22.5 Å². The summed E-state index contributed by atoms with van der Waals surface area (Å²) in [6, 6.07) is 7.87. The van der Waals surface area contributed by atoms with Gasteiger partial charge >= 0.3 is 0 Å². The van der Waals surface area contributed by atoms with Crippen LogP contribution in [0.1, 0.15) is 10.5 Å². The summed E-state index contributed by atoms with van der Waals surface area (Å²) in [4.78, 5) is 12.5. The third-order valence-electron chi connectivity index (χ3n) is 3.85. The van der Waals surface area contributed by atoms with Crippen LogP contribution in [0.4, 0.5) is 10.1 Å². The molecule has 4 rings (SSSR count). The van der Waals surface area contributed by atoms with Crippen molar-refractivity contribution in [3.05, 3.63) is 60.4 Å². The lowest BCUT2D eigenvalue weighted by Gasteiger charge is -2.05. The topological polar surface area (TPSA) is 104 Å². The van der Waals surface area contributed by atoms with E-state index in [4.69, 9.17) is 0 Å². The normalized spacial score (nSPS) is 10.8. The van der Waals surface area contributed by atoms with Crippen molar-refractivity contribution in [2.24, 2.45) is 7.05 Å².